The Morgan fingerprint density at radius 1 is 1.40 bits per heavy atom. The minimum Gasteiger partial charge on any atom is -0.455 e. The van der Waals surface area contributed by atoms with E-state index in [1.165, 1.54) is 18.2 Å². The Balaban J connectivity index is 1.98. The normalized spacial score (nSPS) is 16.1. The molecule has 11 heteroatoms. The number of anilines is 1. The molecule has 0 saturated carbocycles. The first kappa shape index (κ1) is 21.9. The Morgan fingerprint density at radius 3 is 2.73 bits per heavy atom. The summed E-state index contributed by atoms with van der Waals surface area (Å²) < 4.78 is 6.44. The maximum Gasteiger partial charge on any atom is 0.291 e. The van der Waals surface area contributed by atoms with Crippen LogP contribution >= 0.6 is 28.1 Å². The lowest BCUT2D eigenvalue weighted by atomic mass is 9.75. The van der Waals surface area contributed by atoms with Crippen molar-refractivity contribution in [3.63, 3.8) is 0 Å². The van der Waals surface area contributed by atoms with Crippen LogP contribution in [0.15, 0.2) is 32.2 Å². The summed E-state index contributed by atoms with van der Waals surface area (Å²) in [5.41, 5.74) is 10.2. The van der Waals surface area contributed by atoms with Crippen LogP contribution in [-0.2, 0) is 6.42 Å². The molecule has 1 aliphatic carbocycles. The van der Waals surface area contributed by atoms with Crippen LogP contribution in [-0.4, -0.2) is 21.7 Å². The zero-order valence-corrected chi connectivity index (χ0v) is 18.9. The van der Waals surface area contributed by atoms with Crippen LogP contribution in [0.5, 0.6) is 0 Å². The van der Waals surface area contributed by atoms with E-state index in [1.807, 2.05) is 0 Å². The van der Waals surface area contributed by atoms with E-state index in [0.717, 1.165) is 5.56 Å². The second kappa shape index (κ2) is 8.15. The minimum absolute atomic E-state index is 0.0436. The van der Waals surface area contributed by atoms with Crippen molar-refractivity contribution in [2.75, 3.05) is 5.32 Å². The molecular formula is C19H20BrN5O4S. The van der Waals surface area contributed by atoms with Gasteiger partial charge in [0.2, 0.25) is 0 Å². The number of furan rings is 1. The molecule has 158 valence electrons. The predicted molar refractivity (Wildman–Crippen MR) is 121 cm³/mol. The van der Waals surface area contributed by atoms with Gasteiger partial charge in [0.25, 0.3) is 11.6 Å². The highest BCUT2D eigenvalue weighted by atomic mass is 79.9. The molecule has 1 aromatic heterocycles. The number of non-ortho nitro benzene ring substituents is 1. The number of nitro benzene ring substituents is 1. The summed E-state index contributed by atoms with van der Waals surface area (Å²) in [5, 5.41) is 18.1. The molecule has 9 nitrogen and oxygen atoms in total. The topological polar surface area (TPSA) is 136 Å². The Morgan fingerprint density at radius 2 is 2.10 bits per heavy atom. The fraction of sp³-hybridized carbons (Fsp3) is 0.316. The smallest absolute Gasteiger partial charge is 0.291 e. The highest BCUT2D eigenvalue weighted by Crippen LogP contribution is 2.39. The summed E-state index contributed by atoms with van der Waals surface area (Å²) in [5.74, 6) is 0.261. The maximum absolute atomic E-state index is 12.9. The van der Waals surface area contributed by atoms with Gasteiger partial charge < -0.3 is 15.5 Å². The van der Waals surface area contributed by atoms with Crippen LogP contribution in [0.2, 0.25) is 0 Å². The lowest BCUT2D eigenvalue weighted by Crippen LogP contribution is -2.31. The standard InChI is InChI=1S/C19H20BrN5O4S/c1-9-15-13(23-24-18(21)30)7-19(2,3)8-14(15)29-16(9)17(26)22-12-6-10(25(27)28)4-5-11(12)20/h4-6H,7-8H2,1-3H3,(H,22,26)(H3,21,24,30)/b23-13-. The molecule has 4 N–H and O–H groups in total. The number of halogens is 1. The van der Waals surface area contributed by atoms with Gasteiger partial charge in [0.1, 0.15) is 5.76 Å². The van der Waals surface area contributed by atoms with Crippen LogP contribution in [0.1, 0.15) is 47.7 Å². The van der Waals surface area contributed by atoms with Gasteiger partial charge in [0.15, 0.2) is 10.9 Å². The SMILES string of the molecule is Cc1c(C(=O)Nc2cc([N+](=O)[O-])ccc2Br)oc2c1/C(=N\NC(N)=S)CC(C)(C)C2. The average molecular weight is 494 g/mol. The number of hydrazone groups is 1. The van der Waals surface area contributed by atoms with Gasteiger partial charge >= 0.3 is 0 Å². The number of nitrogens with two attached hydrogens (primary N) is 1. The maximum atomic E-state index is 12.9. The molecule has 1 aliphatic rings. The van der Waals surface area contributed by atoms with Gasteiger partial charge in [-0.1, -0.05) is 13.8 Å². The van der Waals surface area contributed by atoms with E-state index in [4.69, 9.17) is 22.4 Å². The quantitative estimate of drug-likeness (QED) is 0.332. The highest BCUT2D eigenvalue weighted by Gasteiger charge is 2.36. The second-order valence-corrected chi connectivity index (χ2v) is 9.08. The van der Waals surface area contributed by atoms with Crippen molar-refractivity contribution in [2.45, 2.75) is 33.6 Å². The summed E-state index contributed by atoms with van der Waals surface area (Å²) >= 11 is 8.13. The average Bonchev–Trinajstić information content (AvgIpc) is 2.96. The molecule has 0 atom stereocenters. The first-order chi connectivity index (χ1) is 14.0. The lowest BCUT2D eigenvalue weighted by molar-refractivity contribution is -0.384. The van der Waals surface area contributed by atoms with Gasteiger partial charge in [-0.15, -0.1) is 0 Å². The molecule has 0 spiro atoms. The summed E-state index contributed by atoms with van der Waals surface area (Å²) in [4.78, 5) is 23.4. The molecule has 0 saturated heterocycles. The number of nitro groups is 1. The summed E-state index contributed by atoms with van der Waals surface area (Å²) in [7, 11) is 0. The number of carbonyl (C=O) groups excluding carboxylic acids is 1. The third-order valence-electron chi connectivity index (χ3n) is 4.71. The molecule has 1 amide bonds. The fourth-order valence-electron chi connectivity index (χ4n) is 3.45. The number of carbonyl (C=O) groups is 1. The molecule has 3 rings (SSSR count). The monoisotopic (exact) mass is 493 g/mol. The van der Waals surface area contributed by atoms with Gasteiger partial charge in [-0.05, 0) is 53.0 Å². The van der Waals surface area contributed by atoms with Crippen molar-refractivity contribution in [2.24, 2.45) is 16.3 Å². The summed E-state index contributed by atoms with van der Waals surface area (Å²) in [6.07, 6.45) is 1.27. The van der Waals surface area contributed by atoms with Gasteiger partial charge in [-0.25, -0.2) is 0 Å². The number of hydrogen-bond donors (Lipinski definition) is 3. The third kappa shape index (κ3) is 4.51. The number of thiocarbonyl (C=S) groups is 1. The Kier molecular flexibility index (Phi) is 5.95. The Hall–Kier alpha value is -2.79. The molecule has 0 fully saturated rings. The number of nitrogens with one attached hydrogen (secondary N) is 2. The summed E-state index contributed by atoms with van der Waals surface area (Å²) in [6.45, 7) is 5.92. The predicted octanol–water partition coefficient (Wildman–Crippen LogP) is 4.02. The zero-order valence-electron chi connectivity index (χ0n) is 16.5. The van der Waals surface area contributed by atoms with Crippen LogP contribution < -0.4 is 16.5 Å². The molecule has 1 aromatic carbocycles. The molecule has 0 radical (unpaired) electrons. The van der Waals surface area contributed by atoms with Crippen molar-refractivity contribution in [3.8, 4) is 0 Å². The van der Waals surface area contributed by atoms with E-state index in [2.05, 4.69) is 45.6 Å². The van der Waals surface area contributed by atoms with Gasteiger partial charge in [0, 0.05) is 34.2 Å². The third-order valence-corrected chi connectivity index (χ3v) is 5.49. The number of nitrogens with zero attached hydrogens (tertiary/aromatic N) is 2. The summed E-state index contributed by atoms with van der Waals surface area (Å²) in [6, 6.07) is 4.13. The van der Waals surface area contributed by atoms with Crippen LogP contribution in [0, 0.1) is 22.5 Å². The lowest BCUT2D eigenvalue weighted by Gasteiger charge is -2.29. The van der Waals surface area contributed by atoms with E-state index in [1.54, 1.807) is 6.92 Å². The molecular weight excluding hydrogens is 474 g/mol. The number of benzene rings is 1. The largest absolute Gasteiger partial charge is 0.455 e. The van der Waals surface area contributed by atoms with Gasteiger partial charge in [-0.3, -0.25) is 20.3 Å². The Bertz CT molecular complexity index is 1090. The highest BCUT2D eigenvalue weighted by molar-refractivity contribution is 9.10. The van der Waals surface area contributed by atoms with Crippen LogP contribution in [0.25, 0.3) is 0 Å². The van der Waals surface area contributed by atoms with Crippen molar-refractivity contribution in [3.05, 3.63) is 55.4 Å². The molecule has 30 heavy (non-hydrogen) atoms. The molecule has 0 bridgehead atoms. The van der Waals surface area contributed by atoms with E-state index in [9.17, 15) is 14.9 Å². The molecule has 0 aliphatic heterocycles. The number of hydrogen-bond acceptors (Lipinski definition) is 6. The second-order valence-electron chi connectivity index (χ2n) is 7.78. The van der Waals surface area contributed by atoms with Gasteiger partial charge in [-0.2, -0.15) is 5.10 Å². The Labute approximate surface area is 186 Å². The molecule has 1 heterocycles. The first-order valence-corrected chi connectivity index (χ1v) is 10.2. The molecule has 0 unspecified atom stereocenters. The van der Waals surface area contributed by atoms with Crippen LogP contribution in [0.4, 0.5) is 11.4 Å². The van der Waals surface area contributed by atoms with E-state index < -0.39 is 10.8 Å². The van der Waals surface area contributed by atoms with E-state index in [-0.39, 0.29) is 27.7 Å². The van der Waals surface area contributed by atoms with Crippen molar-refractivity contribution in [1.82, 2.24) is 5.43 Å². The number of fused-ring (bicyclic) bond motifs is 1. The van der Waals surface area contributed by atoms with E-state index >= 15 is 0 Å². The van der Waals surface area contributed by atoms with Gasteiger partial charge in [0.05, 0.1) is 16.3 Å². The zero-order chi connectivity index (χ0) is 22.2. The first-order valence-electron chi connectivity index (χ1n) is 8.98. The van der Waals surface area contributed by atoms with Crippen molar-refractivity contribution in [1.29, 1.82) is 0 Å². The van der Waals surface area contributed by atoms with Crippen molar-refractivity contribution < 1.29 is 14.1 Å². The minimum atomic E-state index is -0.529. The number of rotatable bonds is 4. The van der Waals surface area contributed by atoms with Crippen LogP contribution in [0.3, 0.4) is 0 Å². The fourth-order valence-corrected chi connectivity index (χ4v) is 3.84. The molecule has 2 aromatic rings. The van der Waals surface area contributed by atoms with E-state index in [0.29, 0.717) is 34.3 Å². The number of amides is 1. The van der Waals surface area contributed by atoms with Crippen molar-refractivity contribution >= 4 is 56.3 Å².